The number of aliphatic hydroxyl groups excluding tert-OH is 1. The molecule has 0 aromatic heterocycles. The molecule has 0 radical (unpaired) electrons. The molecular formula is C12H18O2. The topological polar surface area (TPSA) is 37.3 Å². The third-order valence-electron chi connectivity index (χ3n) is 2.50. The van der Waals surface area contributed by atoms with Gasteiger partial charge < -0.3 is 5.11 Å². The SMILES string of the molecule is CCCC(O)C1/C=C\C(=O)C/C=C\C1. The maximum Gasteiger partial charge on any atom is 0.159 e. The van der Waals surface area contributed by atoms with Crippen LogP contribution in [0.3, 0.4) is 0 Å². The van der Waals surface area contributed by atoms with E-state index < -0.39 is 0 Å². The van der Waals surface area contributed by atoms with Crippen molar-refractivity contribution in [1.82, 2.24) is 0 Å². The van der Waals surface area contributed by atoms with E-state index in [9.17, 15) is 9.90 Å². The van der Waals surface area contributed by atoms with E-state index in [4.69, 9.17) is 0 Å². The van der Waals surface area contributed by atoms with Crippen LogP contribution < -0.4 is 0 Å². The molecular weight excluding hydrogens is 176 g/mol. The van der Waals surface area contributed by atoms with E-state index in [-0.39, 0.29) is 17.8 Å². The lowest BCUT2D eigenvalue weighted by Gasteiger charge is -2.18. The van der Waals surface area contributed by atoms with Gasteiger partial charge in [-0.3, -0.25) is 4.79 Å². The van der Waals surface area contributed by atoms with E-state index in [0.29, 0.717) is 6.42 Å². The molecule has 0 amide bonds. The monoisotopic (exact) mass is 194 g/mol. The fraction of sp³-hybridized carbons (Fsp3) is 0.583. The highest BCUT2D eigenvalue weighted by molar-refractivity contribution is 5.90. The van der Waals surface area contributed by atoms with Crippen LogP contribution in [0.1, 0.15) is 32.6 Å². The van der Waals surface area contributed by atoms with Crippen molar-refractivity contribution in [3.63, 3.8) is 0 Å². The number of carbonyl (C=O) groups excluding carboxylic acids is 1. The highest BCUT2D eigenvalue weighted by Gasteiger charge is 2.15. The largest absolute Gasteiger partial charge is 0.393 e. The standard InChI is InChI=1S/C12H18O2/c1-2-5-12(14)10-6-3-4-7-11(13)9-8-10/h3-4,8-10,12,14H,2,5-7H2,1H3/b4-3-,9-8-. The molecule has 0 aromatic carbocycles. The van der Waals surface area contributed by atoms with Crippen molar-refractivity contribution < 1.29 is 9.90 Å². The second kappa shape index (κ2) is 5.76. The summed E-state index contributed by atoms with van der Waals surface area (Å²) in [6, 6.07) is 0. The lowest BCUT2D eigenvalue weighted by atomic mass is 9.92. The fourth-order valence-electron chi connectivity index (χ4n) is 1.63. The Labute approximate surface area is 85.3 Å². The van der Waals surface area contributed by atoms with Crippen LogP contribution in [0.15, 0.2) is 24.3 Å². The minimum atomic E-state index is -0.313. The van der Waals surface area contributed by atoms with E-state index in [2.05, 4.69) is 6.92 Å². The number of allylic oxidation sites excluding steroid dienone is 3. The predicted molar refractivity (Wildman–Crippen MR) is 56.9 cm³/mol. The first-order valence-corrected chi connectivity index (χ1v) is 5.28. The minimum Gasteiger partial charge on any atom is -0.393 e. The molecule has 1 aliphatic carbocycles. The van der Waals surface area contributed by atoms with Gasteiger partial charge in [0, 0.05) is 12.3 Å². The van der Waals surface area contributed by atoms with Crippen molar-refractivity contribution in [3.8, 4) is 0 Å². The zero-order valence-corrected chi connectivity index (χ0v) is 8.65. The number of rotatable bonds is 3. The van der Waals surface area contributed by atoms with Gasteiger partial charge in [-0.15, -0.1) is 0 Å². The third kappa shape index (κ3) is 3.46. The van der Waals surface area contributed by atoms with E-state index in [1.165, 1.54) is 0 Å². The number of aliphatic hydroxyl groups is 1. The van der Waals surface area contributed by atoms with E-state index in [0.717, 1.165) is 19.3 Å². The molecule has 1 aliphatic rings. The Morgan fingerprint density at radius 1 is 1.57 bits per heavy atom. The summed E-state index contributed by atoms with van der Waals surface area (Å²) in [5, 5.41) is 9.78. The lowest BCUT2D eigenvalue weighted by molar-refractivity contribution is -0.113. The Kier molecular flexibility index (Phi) is 4.60. The number of hydrogen-bond acceptors (Lipinski definition) is 2. The smallest absolute Gasteiger partial charge is 0.159 e. The van der Waals surface area contributed by atoms with Crippen LogP contribution >= 0.6 is 0 Å². The summed E-state index contributed by atoms with van der Waals surface area (Å²) in [7, 11) is 0. The Morgan fingerprint density at radius 3 is 3.07 bits per heavy atom. The molecule has 0 fully saturated rings. The van der Waals surface area contributed by atoms with Crippen LogP contribution in [0.5, 0.6) is 0 Å². The van der Waals surface area contributed by atoms with Crippen molar-refractivity contribution in [3.05, 3.63) is 24.3 Å². The molecule has 0 aliphatic heterocycles. The van der Waals surface area contributed by atoms with Gasteiger partial charge in [0.05, 0.1) is 6.10 Å². The molecule has 2 unspecified atom stereocenters. The number of carbonyl (C=O) groups is 1. The normalized spacial score (nSPS) is 29.0. The molecule has 2 heteroatoms. The van der Waals surface area contributed by atoms with Gasteiger partial charge in [0.2, 0.25) is 0 Å². The zero-order chi connectivity index (χ0) is 10.4. The summed E-state index contributed by atoms with van der Waals surface area (Å²) in [5.74, 6) is 0.227. The van der Waals surface area contributed by atoms with Crippen molar-refractivity contribution in [2.45, 2.75) is 38.7 Å². The first-order chi connectivity index (χ1) is 6.74. The van der Waals surface area contributed by atoms with Gasteiger partial charge >= 0.3 is 0 Å². The van der Waals surface area contributed by atoms with E-state index in [1.807, 2.05) is 18.2 Å². The summed E-state index contributed by atoms with van der Waals surface area (Å²) in [5.41, 5.74) is 0. The maximum atomic E-state index is 11.1. The first-order valence-electron chi connectivity index (χ1n) is 5.28. The van der Waals surface area contributed by atoms with Crippen LogP contribution in [0.4, 0.5) is 0 Å². The van der Waals surface area contributed by atoms with Crippen molar-refractivity contribution in [1.29, 1.82) is 0 Å². The van der Waals surface area contributed by atoms with Gasteiger partial charge in [-0.25, -0.2) is 0 Å². The second-order valence-corrected chi connectivity index (χ2v) is 3.76. The van der Waals surface area contributed by atoms with Gasteiger partial charge in [-0.2, -0.15) is 0 Å². The van der Waals surface area contributed by atoms with Gasteiger partial charge in [-0.05, 0) is 18.9 Å². The average molecular weight is 194 g/mol. The maximum absolute atomic E-state index is 11.1. The third-order valence-corrected chi connectivity index (χ3v) is 2.50. The number of hydrogen-bond donors (Lipinski definition) is 1. The Hall–Kier alpha value is -0.890. The molecule has 0 spiro atoms. The van der Waals surface area contributed by atoms with Crippen LogP contribution in [0.2, 0.25) is 0 Å². The van der Waals surface area contributed by atoms with Crippen molar-refractivity contribution in [2.75, 3.05) is 0 Å². The van der Waals surface area contributed by atoms with Crippen LogP contribution in [-0.2, 0) is 4.79 Å². The van der Waals surface area contributed by atoms with E-state index >= 15 is 0 Å². The Balaban J connectivity index is 2.58. The Bertz CT molecular complexity index is 241. The lowest BCUT2D eigenvalue weighted by Crippen LogP contribution is -2.18. The molecule has 0 saturated heterocycles. The summed E-state index contributed by atoms with van der Waals surface area (Å²) in [4.78, 5) is 11.1. The van der Waals surface area contributed by atoms with Gasteiger partial charge in [0.25, 0.3) is 0 Å². The van der Waals surface area contributed by atoms with Crippen LogP contribution in [0, 0.1) is 5.92 Å². The fourth-order valence-corrected chi connectivity index (χ4v) is 1.63. The minimum absolute atomic E-state index is 0.107. The summed E-state index contributed by atoms with van der Waals surface area (Å²) >= 11 is 0. The van der Waals surface area contributed by atoms with Crippen LogP contribution in [0.25, 0.3) is 0 Å². The quantitative estimate of drug-likeness (QED) is 0.699. The van der Waals surface area contributed by atoms with E-state index in [1.54, 1.807) is 6.08 Å². The zero-order valence-electron chi connectivity index (χ0n) is 8.65. The highest BCUT2D eigenvalue weighted by Crippen LogP contribution is 2.18. The summed E-state index contributed by atoms with van der Waals surface area (Å²) < 4.78 is 0. The molecule has 0 aromatic rings. The van der Waals surface area contributed by atoms with Crippen LogP contribution in [-0.4, -0.2) is 17.0 Å². The van der Waals surface area contributed by atoms with Crippen molar-refractivity contribution >= 4 is 5.78 Å². The molecule has 0 saturated carbocycles. The molecule has 14 heavy (non-hydrogen) atoms. The molecule has 2 nitrogen and oxygen atoms in total. The van der Waals surface area contributed by atoms with Gasteiger partial charge in [0.15, 0.2) is 5.78 Å². The molecule has 1 N–H and O–H groups in total. The Morgan fingerprint density at radius 2 is 2.36 bits per heavy atom. The summed E-state index contributed by atoms with van der Waals surface area (Å²) in [6.07, 6.45) is 10.1. The molecule has 78 valence electrons. The second-order valence-electron chi connectivity index (χ2n) is 3.76. The molecule has 0 bridgehead atoms. The van der Waals surface area contributed by atoms with Crippen molar-refractivity contribution in [2.24, 2.45) is 5.92 Å². The molecule has 0 heterocycles. The number of ketones is 1. The summed E-state index contributed by atoms with van der Waals surface area (Å²) in [6.45, 7) is 2.05. The molecule has 2 atom stereocenters. The molecule has 1 rings (SSSR count). The van der Waals surface area contributed by atoms with Gasteiger partial charge in [0.1, 0.15) is 0 Å². The predicted octanol–water partition coefficient (Wildman–Crippen LogP) is 2.24. The first kappa shape index (κ1) is 11.2. The highest BCUT2D eigenvalue weighted by atomic mass is 16.3. The average Bonchev–Trinajstić information content (AvgIpc) is 2.12. The van der Waals surface area contributed by atoms with Gasteiger partial charge in [-0.1, -0.05) is 31.6 Å².